The van der Waals surface area contributed by atoms with Gasteiger partial charge in [0.2, 0.25) is 5.78 Å². The Balaban J connectivity index is 1.70. The van der Waals surface area contributed by atoms with E-state index >= 15 is 0 Å². The van der Waals surface area contributed by atoms with E-state index < -0.39 is 0 Å². The van der Waals surface area contributed by atoms with Crippen molar-refractivity contribution >= 4 is 22.8 Å². The van der Waals surface area contributed by atoms with Crippen LogP contribution in [0.15, 0.2) is 48.4 Å². The summed E-state index contributed by atoms with van der Waals surface area (Å²) in [6.45, 7) is 6.62. The van der Waals surface area contributed by atoms with Gasteiger partial charge in [0, 0.05) is 34.8 Å². The van der Waals surface area contributed by atoms with Crippen LogP contribution in [0, 0.1) is 0 Å². The lowest BCUT2D eigenvalue weighted by Crippen LogP contribution is -3.07. The molecule has 2 aromatic carbocycles. The van der Waals surface area contributed by atoms with Crippen LogP contribution in [-0.2, 0) is 13.1 Å². The zero-order chi connectivity index (χ0) is 21.3. The molecule has 1 unspecified atom stereocenters. The average molecular weight is 405 g/mol. The molecular weight excluding hydrogens is 376 g/mol. The Morgan fingerprint density at radius 3 is 2.73 bits per heavy atom. The summed E-state index contributed by atoms with van der Waals surface area (Å²) >= 11 is 0. The van der Waals surface area contributed by atoms with Crippen molar-refractivity contribution in [2.24, 2.45) is 0 Å². The molecular formula is C25H28N2O3. The molecule has 0 saturated heterocycles. The molecule has 3 aromatic rings. The zero-order valence-electron chi connectivity index (χ0n) is 17.8. The number of rotatable bonds is 7. The molecule has 0 saturated carbocycles. The van der Waals surface area contributed by atoms with E-state index in [4.69, 9.17) is 4.74 Å². The monoisotopic (exact) mass is 404 g/mol. The molecule has 5 heteroatoms. The molecule has 156 valence electrons. The summed E-state index contributed by atoms with van der Waals surface area (Å²) in [5.74, 6) is 0.489. The van der Waals surface area contributed by atoms with Crippen LogP contribution in [-0.4, -0.2) is 23.9 Å². The van der Waals surface area contributed by atoms with Crippen LogP contribution in [0.1, 0.15) is 48.2 Å². The normalized spacial score (nSPS) is 15.6. The second kappa shape index (κ2) is 8.36. The maximum atomic E-state index is 13.0. The molecule has 1 atom stereocenters. The maximum absolute atomic E-state index is 13.0. The fraction of sp³-hybridized carbons (Fsp3) is 0.320. The van der Waals surface area contributed by atoms with Gasteiger partial charge in [0.25, 0.3) is 0 Å². The Hall–Kier alpha value is -3.05. The highest BCUT2D eigenvalue weighted by atomic mass is 16.5. The Morgan fingerprint density at radius 2 is 1.97 bits per heavy atom. The number of carbonyl (C=O) groups excluding carboxylic acids is 1. The highest BCUT2D eigenvalue weighted by Crippen LogP contribution is 2.38. The van der Waals surface area contributed by atoms with Gasteiger partial charge < -0.3 is 19.3 Å². The average Bonchev–Trinajstić information content (AvgIpc) is 3.27. The third kappa shape index (κ3) is 3.61. The van der Waals surface area contributed by atoms with E-state index in [2.05, 4.69) is 31.5 Å². The van der Waals surface area contributed by atoms with Gasteiger partial charge in [-0.2, -0.15) is 0 Å². The van der Waals surface area contributed by atoms with Crippen molar-refractivity contribution in [2.45, 2.75) is 39.8 Å². The number of hydrogen-bond acceptors (Lipinski definition) is 3. The van der Waals surface area contributed by atoms with E-state index in [0.717, 1.165) is 42.4 Å². The lowest BCUT2D eigenvalue weighted by molar-refractivity contribution is -0.894. The van der Waals surface area contributed by atoms with Crippen molar-refractivity contribution in [3.63, 3.8) is 0 Å². The molecule has 1 N–H and O–H groups in total. The van der Waals surface area contributed by atoms with E-state index in [1.54, 1.807) is 12.1 Å². The topological polar surface area (TPSA) is 58.7 Å². The molecule has 0 spiro atoms. The minimum atomic E-state index is -0.161. The summed E-state index contributed by atoms with van der Waals surface area (Å²) in [4.78, 5) is 14.3. The molecule has 4 rings (SSSR count). The van der Waals surface area contributed by atoms with Crippen LogP contribution in [0.4, 0.5) is 0 Å². The van der Waals surface area contributed by atoms with Gasteiger partial charge in [0.15, 0.2) is 5.76 Å². The van der Waals surface area contributed by atoms with Crippen molar-refractivity contribution in [3.8, 4) is 11.5 Å². The van der Waals surface area contributed by atoms with Crippen molar-refractivity contribution in [3.05, 3.63) is 65.0 Å². The lowest BCUT2D eigenvalue weighted by Gasteiger charge is -2.20. The van der Waals surface area contributed by atoms with Gasteiger partial charge in [-0.1, -0.05) is 43.4 Å². The number of nitrogens with one attached hydrogen (secondary N) is 1. The van der Waals surface area contributed by atoms with Gasteiger partial charge in [-0.15, -0.1) is 0 Å². The van der Waals surface area contributed by atoms with E-state index in [-0.39, 0.29) is 17.3 Å². The second-order valence-corrected chi connectivity index (χ2v) is 7.98. The minimum absolute atomic E-state index is 0.0683. The van der Waals surface area contributed by atoms with Crippen LogP contribution < -0.4 is 14.7 Å². The van der Waals surface area contributed by atoms with Crippen molar-refractivity contribution < 1.29 is 19.5 Å². The van der Waals surface area contributed by atoms with Gasteiger partial charge >= 0.3 is 0 Å². The van der Waals surface area contributed by atoms with Gasteiger partial charge in [-0.3, -0.25) is 4.79 Å². The summed E-state index contributed by atoms with van der Waals surface area (Å²) < 4.78 is 8.18. The van der Waals surface area contributed by atoms with E-state index in [9.17, 15) is 9.90 Å². The number of benzene rings is 2. The van der Waals surface area contributed by atoms with Crippen LogP contribution >= 0.6 is 0 Å². The molecule has 0 radical (unpaired) electrons. The van der Waals surface area contributed by atoms with E-state index in [1.165, 1.54) is 11.0 Å². The van der Waals surface area contributed by atoms with Crippen molar-refractivity contribution in [2.75, 3.05) is 13.6 Å². The quantitative estimate of drug-likeness (QED) is 0.616. The van der Waals surface area contributed by atoms with Crippen molar-refractivity contribution in [1.29, 1.82) is 0 Å². The first-order valence-corrected chi connectivity index (χ1v) is 10.7. The zero-order valence-corrected chi connectivity index (χ0v) is 17.8. The highest BCUT2D eigenvalue weighted by Gasteiger charge is 2.31. The molecule has 1 aliphatic rings. The Bertz CT molecular complexity index is 1130. The molecule has 2 heterocycles. The van der Waals surface area contributed by atoms with Gasteiger partial charge in [0.1, 0.15) is 12.3 Å². The number of aryl methyl sites for hydroxylation is 1. The summed E-state index contributed by atoms with van der Waals surface area (Å²) in [5, 5.41) is 13.6. The summed E-state index contributed by atoms with van der Waals surface area (Å²) in [5.41, 5.74) is 3.14. The number of hydrogen-bond donors (Lipinski definition) is 1. The molecule has 30 heavy (non-hydrogen) atoms. The Morgan fingerprint density at radius 1 is 1.17 bits per heavy atom. The number of ether oxygens (including phenoxy) is 1. The number of ketones is 1. The predicted molar refractivity (Wildman–Crippen MR) is 117 cm³/mol. The SMILES string of the molecule is CCCC[NH+](C)Cc1c([O-])ccc2c1OC(=Cc1cn(CC)c3ccccc13)C2=O. The third-order valence-corrected chi connectivity index (χ3v) is 5.78. The molecule has 0 bridgehead atoms. The molecule has 1 aromatic heterocycles. The Labute approximate surface area is 177 Å². The molecule has 0 fully saturated rings. The number of unbranched alkanes of at least 4 members (excludes halogenated alkanes) is 1. The molecule has 1 aliphatic heterocycles. The minimum Gasteiger partial charge on any atom is -0.872 e. The summed E-state index contributed by atoms with van der Waals surface area (Å²) in [6, 6.07) is 11.2. The third-order valence-electron chi connectivity index (χ3n) is 5.78. The standard InChI is InChI=1S/C25H28N2O3/c1-4-6-13-26(3)16-20-22(28)12-11-19-24(29)23(30-25(19)20)14-17-15-27(5-2)21-10-8-7-9-18(17)21/h7-12,14-15,28H,4-6,13,16H2,1-3H3. The van der Waals surface area contributed by atoms with Gasteiger partial charge in [0.05, 0.1) is 19.2 Å². The number of quaternary nitrogens is 1. The lowest BCUT2D eigenvalue weighted by atomic mass is 10.0. The van der Waals surface area contributed by atoms with Crippen molar-refractivity contribution in [1.82, 2.24) is 4.57 Å². The van der Waals surface area contributed by atoms with E-state index in [0.29, 0.717) is 23.4 Å². The highest BCUT2D eigenvalue weighted by molar-refractivity contribution is 6.15. The molecule has 0 amide bonds. The predicted octanol–water partition coefficient (Wildman–Crippen LogP) is 3.17. The van der Waals surface area contributed by atoms with Crippen LogP contribution in [0.25, 0.3) is 17.0 Å². The number of fused-ring (bicyclic) bond motifs is 2. The second-order valence-electron chi connectivity index (χ2n) is 7.98. The number of nitrogens with zero attached hydrogens (tertiary/aromatic N) is 1. The van der Waals surface area contributed by atoms with Crippen LogP contribution in [0.2, 0.25) is 0 Å². The first-order chi connectivity index (χ1) is 14.5. The number of carbonyl (C=O) groups is 1. The smallest absolute Gasteiger partial charge is 0.231 e. The maximum Gasteiger partial charge on any atom is 0.231 e. The number of allylic oxidation sites excluding steroid dienone is 1. The molecule has 5 nitrogen and oxygen atoms in total. The first-order valence-electron chi connectivity index (χ1n) is 10.7. The first kappa shape index (κ1) is 20.2. The fourth-order valence-electron chi connectivity index (χ4n) is 4.12. The number of para-hydroxylation sites is 1. The van der Waals surface area contributed by atoms with Crippen LogP contribution in [0.3, 0.4) is 0 Å². The fourth-order valence-corrected chi connectivity index (χ4v) is 4.12. The molecule has 0 aliphatic carbocycles. The number of Topliss-reactive ketones (excluding diaryl/α,β-unsaturated/α-hetero) is 1. The largest absolute Gasteiger partial charge is 0.872 e. The Kier molecular flexibility index (Phi) is 5.64. The summed E-state index contributed by atoms with van der Waals surface area (Å²) in [7, 11) is 2.07. The van der Waals surface area contributed by atoms with Gasteiger partial charge in [-0.25, -0.2) is 0 Å². The number of aromatic nitrogens is 1. The van der Waals surface area contributed by atoms with Gasteiger partial charge in [-0.05, 0) is 31.6 Å². The van der Waals surface area contributed by atoms with E-state index in [1.807, 2.05) is 24.4 Å². The van der Waals surface area contributed by atoms with Crippen LogP contribution in [0.5, 0.6) is 11.5 Å². The summed E-state index contributed by atoms with van der Waals surface area (Å²) in [6.07, 6.45) is 6.06.